The van der Waals surface area contributed by atoms with E-state index in [-0.39, 0.29) is 5.56 Å². The highest BCUT2D eigenvalue weighted by Gasteiger charge is 2.22. The Morgan fingerprint density at radius 2 is 1.73 bits per heavy atom. The Kier molecular flexibility index (Phi) is 5.30. The van der Waals surface area contributed by atoms with Crippen LogP contribution < -0.4 is 10.2 Å². The van der Waals surface area contributed by atoms with Gasteiger partial charge in [0.1, 0.15) is 5.75 Å². The first-order chi connectivity index (χ1) is 10.5. The van der Waals surface area contributed by atoms with E-state index in [4.69, 9.17) is 14.8 Å². The second kappa shape index (κ2) is 7.20. The molecule has 0 aromatic heterocycles. The Bertz CT molecular complexity index is 657. The fourth-order valence-electron chi connectivity index (χ4n) is 1.98. The summed E-state index contributed by atoms with van der Waals surface area (Å²) in [5.74, 6) is -1.77. The van der Waals surface area contributed by atoms with Gasteiger partial charge in [-0.2, -0.15) is 0 Å². The highest BCUT2D eigenvalue weighted by atomic mass is 19.2. The zero-order valence-corrected chi connectivity index (χ0v) is 11.8. The largest absolute Gasteiger partial charge is 0.493 e. The smallest absolute Gasteiger partial charge is 0.491 e. The molecular formula is C16H15BF2O3. The third-order valence-corrected chi connectivity index (χ3v) is 3.15. The van der Waals surface area contributed by atoms with Gasteiger partial charge in [0, 0.05) is 11.0 Å². The summed E-state index contributed by atoms with van der Waals surface area (Å²) < 4.78 is 33.2. The van der Waals surface area contributed by atoms with Crippen molar-refractivity contribution in [1.82, 2.24) is 0 Å². The van der Waals surface area contributed by atoms with Gasteiger partial charge >= 0.3 is 7.12 Å². The van der Waals surface area contributed by atoms with Crippen LogP contribution in [0.1, 0.15) is 6.42 Å². The molecule has 0 amide bonds. The van der Waals surface area contributed by atoms with Crippen LogP contribution >= 0.6 is 0 Å². The summed E-state index contributed by atoms with van der Waals surface area (Å²) >= 11 is 0. The Morgan fingerprint density at radius 3 is 2.32 bits per heavy atom. The molecule has 0 heterocycles. The maximum absolute atomic E-state index is 14.0. The number of hydrogen-bond acceptors (Lipinski definition) is 3. The van der Waals surface area contributed by atoms with Crippen molar-refractivity contribution < 1.29 is 23.6 Å². The van der Waals surface area contributed by atoms with E-state index in [0.717, 1.165) is 6.07 Å². The number of rotatable bonds is 6. The van der Waals surface area contributed by atoms with Crippen molar-refractivity contribution in [2.45, 2.75) is 6.42 Å². The second-order valence-corrected chi connectivity index (χ2v) is 4.65. The van der Waals surface area contributed by atoms with Gasteiger partial charge in [0.05, 0.1) is 6.61 Å². The summed E-state index contributed by atoms with van der Waals surface area (Å²) in [7, 11) is -2.05. The molecule has 0 aliphatic rings. The SMILES string of the molecule is C=CCCOc1ccc(-c2ccc(B(O)O)c(F)c2F)cc1. The summed E-state index contributed by atoms with van der Waals surface area (Å²) in [6, 6.07) is 8.98. The van der Waals surface area contributed by atoms with Crippen LogP contribution in [0.15, 0.2) is 49.1 Å². The predicted molar refractivity (Wildman–Crippen MR) is 81.9 cm³/mol. The average Bonchev–Trinajstić information content (AvgIpc) is 2.51. The highest BCUT2D eigenvalue weighted by Crippen LogP contribution is 2.26. The van der Waals surface area contributed by atoms with Gasteiger partial charge in [-0.1, -0.05) is 30.3 Å². The van der Waals surface area contributed by atoms with E-state index in [9.17, 15) is 8.78 Å². The lowest BCUT2D eigenvalue weighted by molar-refractivity contribution is 0.325. The summed E-state index contributed by atoms with van der Waals surface area (Å²) in [4.78, 5) is 0. The molecule has 0 saturated heterocycles. The summed E-state index contributed by atoms with van der Waals surface area (Å²) in [5, 5.41) is 17.9. The van der Waals surface area contributed by atoms with E-state index in [0.29, 0.717) is 24.3 Å². The van der Waals surface area contributed by atoms with Gasteiger partial charge in [0.2, 0.25) is 0 Å². The molecule has 0 atom stereocenters. The number of halogens is 2. The third kappa shape index (κ3) is 3.53. The van der Waals surface area contributed by atoms with E-state index >= 15 is 0 Å². The van der Waals surface area contributed by atoms with Crippen LogP contribution in [0.3, 0.4) is 0 Å². The number of hydrogen-bond donors (Lipinski definition) is 2. The molecule has 0 bridgehead atoms. The minimum absolute atomic E-state index is 0.0412. The lowest BCUT2D eigenvalue weighted by atomic mass is 9.79. The van der Waals surface area contributed by atoms with E-state index in [1.165, 1.54) is 6.07 Å². The van der Waals surface area contributed by atoms with Crippen molar-refractivity contribution in [2.24, 2.45) is 0 Å². The topological polar surface area (TPSA) is 49.7 Å². The van der Waals surface area contributed by atoms with E-state index in [1.807, 2.05) is 0 Å². The van der Waals surface area contributed by atoms with Crippen molar-refractivity contribution >= 4 is 12.6 Å². The highest BCUT2D eigenvalue weighted by molar-refractivity contribution is 6.58. The lowest BCUT2D eigenvalue weighted by Crippen LogP contribution is -2.33. The van der Waals surface area contributed by atoms with Crippen LogP contribution in [0.25, 0.3) is 11.1 Å². The van der Waals surface area contributed by atoms with Crippen molar-refractivity contribution in [2.75, 3.05) is 6.61 Å². The van der Waals surface area contributed by atoms with E-state index < -0.39 is 24.2 Å². The first-order valence-electron chi connectivity index (χ1n) is 6.72. The van der Waals surface area contributed by atoms with Crippen LogP contribution in [0, 0.1) is 11.6 Å². The van der Waals surface area contributed by atoms with Crippen LogP contribution in [-0.4, -0.2) is 23.8 Å². The van der Waals surface area contributed by atoms with Crippen molar-refractivity contribution in [3.8, 4) is 16.9 Å². The molecule has 0 unspecified atom stereocenters. The molecule has 22 heavy (non-hydrogen) atoms. The molecule has 3 nitrogen and oxygen atoms in total. The maximum atomic E-state index is 14.0. The first-order valence-corrected chi connectivity index (χ1v) is 6.72. The van der Waals surface area contributed by atoms with Gasteiger partial charge in [-0.3, -0.25) is 0 Å². The molecule has 2 aromatic rings. The summed E-state index contributed by atoms with van der Waals surface area (Å²) in [6.07, 6.45) is 2.45. The van der Waals surface area contributed by atoms with Crippen molar-refractivity contribution in [3.05, 3.63) is 60.7 Å². The third-order valence-electron chi connectivity index (χ3n) is 3.15. The predicted octanol–water partition coefficient (Wildman–Crippen LogP) is 2.27. The zero-order valence-electron chi connectivity index (χ0n) is 11.8. The normalized spacial score (nSPS) is 10.4. The minimum atomic E-state index is -2.05. The summed E-state index contributed by atoms with van der Waals surface area (Å²) in [6.45, 7) is 4.09. The van der Waals surface area contributed by atoms with Crippen LogP contribution in [0.4, 0.5) is 8.78 Å². The zero-order chi connectivity index (χ0) is 16.1. The molecule has 0 radical (unpaired) electrons. The van der Waals surface area contributed by atoms with Crippen LogP contribution in [0.2, 0.25) is 0 Å². The Morgan fingerprint density at radius 1 is 1.05 bits per heavy atom. The monoisotopic (exact) mass is 304 g/mol. The van der Waals surface area contributed by atoms with Gasteiger partial charge < -0.3 is 14.8 Å². The fraction of sp³-hybridized carbons (Fsp3) is 0.125. The molecule has 0 fully saturated rings. The Balaban J connectivity index is 2.25. The molecular weight excluding hydrogens is 289 g/mol. The van der Waals surface area contributed by atoms with Gasteiger partial charge in [-0.05, 0) is 24.1 Å². The maximum Gasteiger partial charge on any atom is 0.491 e. The average molecular weight is 304 g/mol. The molecule has 0 spiro atoms. The quantitative estimate of drug-likeness (QED) is 0.489. The van der Waals surface area contributed by atoms with Gasteiger partial charge in [-0.15, -0.1) is 6.58 Å². The second-order valence-electron chi connectivity index (χ2n) is 4.65. The van der Waals surface area contributed by atoms with Gasteiger partial charge in [-0.25, -0.2) is 8.78 Å². The number of benzene rings is 2. The standard InChI is InChI=1S/C16H15BF2O3/c1-2-3-10-22-12-6-4-11(5-7-12)13-8-9-14(17(20)21)16(19)15(13)18/h2,4-9,20-21H,1,3,10H2. The first kappa shape index (κ1) is 16.2. The van der Waals surface area contributed by atoms with Gasteiger partial charge in [0.15, 0.2) is 11.6 Å². The number of ether oxygens (including phenoxy) is 1. The van der Waals surface area contributed by atoms with E-state index in [2.05, 4.69) is 6.58 Å². The molecule has 6 heteroatoms. The van der Waals surface area contributed by atoms with E-state index in [1.54, 1.807) is 30.3 Å². The fourth-order valence-corrected chi connectivity index (χ4v) is 1.98. The minimum Gasteiger partial charge on any atom is -0.493 e. The lowest BCUT2D eigenvalue weighted by Gasteiger charge is -2.09. The van der Waals surface area contributed by atoms with Crippen molar-refractivity contribution in [1.29, 1.82) is 0 Å². The molecule has 0 aliphatic heterocycles. The van der Waals surface area contributed by atoms with Gasteiger partial charge in [0.25, 0.3) is 0 Å². The van der Waals surface area contributed by atoms with Crippen molar-refractivity contribution in [3.63, 3.8) is 0 Å². The molecule has 2 N–H and O–H groups in total. The van der Waals surface area contributed by atoms with Crippen LogP contribution in [0.5, 0.6) is 5.75 Å². The van der Waals surface area contributed by atoms with Crippen LogP contribution in [-0.2, 0) is 0 Å². The molecule has 2 aromatic carbocycles. The Hall–Kier alpha value is -2.18. The molecule has 0 aliphatic carbocycles. The molecule has 0 saturated carbocycles. The summed E-state index contributed by atoms with van der Waals surface area (Å²) in [5.41, 5.74) is 0.0108. The Labute approximate surface area is 127 Å². The molecule has 2 rings (SSSR count). The molecule has 114 valence electrons.